The van der Waals surface area contributed by atoms with Crippen LogP contribution in [0.4, 0.5) is 0 Å². The molecular formula is C5H5N3. The van der Waals surface area contributed by atoms with Crippen molar-refractivity contribution in [2.45, 2.75) is 0 Å². The molecule has 40 valence electrons. The molecule has 0 aliphatic carbocycles. The molecule has 0 amide bonds. The lowest BCUT2D eigenvalue weighted by Gasteiger charge is -1.75. The Morgan fingerprint density at radius 3 is 2.12 bits per heavy atom. The molecule has 2 N–H and O–H groups in total. The van der Waals surface area contributed by atoms with Crippen molar-refractivity contribution in [3.8, 4) is 12.1 Å². The van der Waals surface area contributed by atoms with Gasteiger partial charge in [0.15, 0.2) is 0 Å². The van der Waals surface area contributed by atoms with Gasteiger partial charge in [-0.3, -0.25) is 0 Å². The molecular weight excluding hydrogens is 102 g/mol. The van der Waals surface area contributed by atoms with Crippen LogP contribution in [-0.4, -0.2) is 6.54 Å². The van der Waals surface area contributed by atoms with E-state index in [0.29, 0.717) is 0 Å². The summed E-state index contributed by atoms with van der Waals surface area (Å²) in [6.07, 6.45) is 1.38. The predicted octanol–water partition coefficient (Wildman–Crippen LogP) is -0.0813. The van der Waals surface area contributed by atoms with Gasteiger partial charge in [0, 0.05) is 6.54 Å². The summed E-state index contributed by atoms with van der Waals surface area (Å²) in [5.74, 6) is 0. The summed E-state index contributed by atoms with van der Waals surface area (Å²) in [5.41, 5.74) is 5.08. The summed E-state index contributed by atoms with van der Waals surface area (Å²) < 4.78 is 0. The Hall–Kier alpha value is -1.32. The van der Waals surface area contributed by atoms with Crippen molar-refractivity contribution in [3.05, 3.63) is 11.6 Å². The minimum absolute atomic E-state index is 0.0764. The molecule has 0 aromatic carbocycles. The maximum Gasteiger partial charge on any atom is 0.126 e. The van der Waals surface area contributed by atoms with E-state index in [-0.39, 0.29) is 12.1 Å². The van der Waals surface area contributed by atoms with Gasteiger partial charge >= 0.3 is 0 Å². The Morgan fingerprint density at radius 1 is 1.50 bits per heavy atom. The van der Waals surface area contributed by atoms with Gasteiger partial charge in [-0.05, 0) is 6.08 Å². The molecule has 0 saturated heterocycles. The molecule has 0 bridgehead atoms. The number of nitriles is 2. The van der Waals surface area contributed by atoms with Crippen molar-refractivity contribution in [1.29, 1.82) is 10.5 Å². The second-order valence-corrected chi connectivity index (χ2v) is 1.08. The molecule has 8 heavy (non-hydrogen) atoms. The van der Waals surface area contributed by atoms with E-state index in [1.807, 2.05) is 0 Å². The Bertz CT molecular complexity index is 151. The van der Waals surface area contributed by atoms with E-state index in [1.165, 1.54) is 6.08 Å². The third-order valence-corrected chi connectivity index (χ3v) is 0.563. The Labute approximate surface area is 47.6 Å². The normalized spacial score (nSPS) is 6.38. The lowest BCUT2D eigenvalue weighted by atomic mass is 10.3. The van der Waals surface area contributed by atoms with Crippen LogP contribution >= 0.6 is 0 Å². The number of hydrogen-bond acceptors (Lipinski definition) is 3. The highest BCUT2D eigenvalue weighted by Gasteiger charge is 1.84. The standard InChI is InChI=1S/C5H5N3/c6-2-1-5(3-7)4-8/h1H,2,6H2. The molecule has 0 unspecified atom stereocenters. The summed E-state index contributed by atoms with van der Waals surface area (Å²) >= 11 is 0. The Morgan fingerprint density at radius 2 is 2.00 bits per heavy atom. The van der Waals surface area contributed by atoms with Crippen LogP contribution in [0.15, 0.2) is 11.6 Å². The first-order valence-corrected chi connectivity index (χ1v) is 2.05. The largest absolute Gasteiger partial charge is 0.327 e. The molecule has 0 aromatic rings. The van der Waals surface area contributed by atoms with Crippen molar-refractivity contribution < 1.29 is 0 Å². The third kappa shape index (κ3) is 1.96. The quantitative estimate of drug-likeness (QED) is 0.476. The zero-order valence-electron chi connectivity index (χ0n) is 4.26. The summed E-state index contributed by atoms with van der Waals surface area (Å²) in [5, 5.41) is 16.1. The highest BCUT2D eigenvalue weighted by molar-refractivity contribution is 5.34. The molecule has 0 saturated carbocycles. The SMILES string of the molecule is N#CC(C#N)=CCN. The van der Waals surface area contributed by atoms with E-state index >= 15 is 0 Å². The van der Waals surface area contributed by atoms with Crippen molar-refractivity contribution in [1.82, 2.24) is 0 Å². The maximum absolute atomic E-state index is 8.06. The van der Waals surface area contributed by atoms with Crippen LogP contribution in [-0.2, 0) is 0 Å². The van der Waals surface area contributed by atoms with Crippen LogP contribution in [0.3, 0.4) is 0 Å². The molecule has 3 heteroatoms. The second-order valence-electron chi connectivity index (χ2n) is 1.08. The molecule has 0 aliphatic rings. The van der Waals surface area contributed by atoms with Crippen molar-refractivity contribution in [3.63, 3.8) is 0 Å². The van der Waals surface area contributed by atoms with Gasteiger partial charge in [0.1, 0.15) is 17.7 Å². The van der Waals surface area contributed by atoms with Crippen LogP contribution in [0.2, 0.25) is 0 Å². The molecule has 0 aromatic heterocycles. The van der Waals surface area contributed by atoms with E-state index in [2.05, 4.69) is 0 Å². The van der Waals surface area contributed by atoms with Crippen molar-refractivity contribution in [2.75, 3.05) is 6.54 Å². The fourth-order valence-electron chi connectivity index (χ4n) is 0.234. The first-order valence-electron chi connectivity index (χ1n) is 2.05. The fourth-order valence-corrected chi connectivity index (χ4v) is 0.234. The molecule has 0 heterocycles. The zero-order chi connectivity index (χ0) is 6.41. The van der Waals surface area contributed by atoms with Crippen molar-refractivity contribution in [2.24, 2.45) is 5.73 Å². The van der Waals surface area contributed by atoms with Gasteiger partial charge in [0.2, 0.25) is 0 Å². The van der Waals surface area contributed by atoms with Crippen LogP contribution in [0.5, 0.6) is 0 Å². The average Bonchev–Trinajstić information content (AvgIpc) is 1.83. The smallest absolute Gasteiger partial charge is 0.126 e. The van der Waals surface area contributed by atoms with Gasteiger partial charge < -0.3 is 5.73 Å². The number of nitrogens with two attached hydrogens (primary N) is 1. The van der Waals surface area contributed by atoms with E-state index in [1.54, 1.807) is 12.1 Å². The maximum atomic E-state index is 8.06. The van der Waals surface area contributed by atoms with E-state index in [4.69, 9.17) is 16.3 Å². The Kier molecular flexibility index (Phi) is 3.22. The summed E-state index contributed by atoms with van der Waals surface area (Å²) in [4.78, 5) is 0. The highest BCUT2D eigenvalue weighted by Crippen LogP contribution is 1.83. The summed E-state index contributed by atoms with van der Waals surface area (Å²) in [7, 11) is 0. The lowest BCUT2D eigenvalue weighted by molar-refractivity contribution is 1.24. The topological polar surface area (TPSA) is 73.6 Å². The first-order chi connectivity index (χ1) is 3.85. The van der Waals surface area contributed by atoms with Gasteiger partial charge in [-0.25, -0.2) is 0 Å². The highest BCUT2D eigenvalue weighted by atomic mass is 14.5. The first kappa shape index (κ1) is 6.68. The van der Waals surface area contributed by atoms with Gasteiger partial charge in [-0.2, -0.15) is 10.5 Å². The van der Waals surface area contributed by atoms with Gasteiger partial charge in [0.05, 0.1) is 0 Å². The van der Waals surface area contributed by atoms with Crippen LogP contribution in [0, 0.1) is 22.7 Å². The van der Waals surface area contributed by atoms with Gasteiger partial charge in [0.25, 0.3) is 0 Å². The van der Waals surface area contributed by atoms with Gasteiger partial charge in [-0.1, -0.05) is 0 Å². The zero-order valence-corrected chi connectivity index (χ0v) is 4.26. The number of allylic oxidation sites excluding steroid dienone is 1. The summed E-state index contributed by atoms with van der Waals surface area (Å²) in [6.45, 7) is 0.246. The number of rotatable bonds is 1. The molecule has 0 radical (unpaired) electrons. The predicted molar refractivity (Wildman–Crippen MR) is 28.4 cm³/mol. The monoisotopic (exact) mass is 107 g/mol. The van der Waals surface area contributed by atoms with E-state index < -0.39 is 0 Å². The van der Waals surface area contributed by atoms with Gasteiger partial charge in [-0.15, -0.1) is 0 Å². The molecule has 0 atom stereocenters. The number of nitrogens with zero attached hydrogens (tertiary/aromatic N) is 2. The minimum Gasteiger partial charge on any atom is -0.327 e. The molecule has 0 rings (SSSR count). The van der Waals surface area contributed by atoms with Crippen LogP contribution in [0.25, 0.3) is 0 Å². The lowest BCUT2D eigenvalue weighted by Crippen LogP contribution is -1.93. The number of hydrogen-bond donors (Lipinski definition) is 1. The Balaban J connectivity index is 3.99. The van der Waals surface area contributed by atoms with Crippen molar-refractivity contribution >= 4 is 0 Å². The van der Waals surface area contributed by atoms with E-state index in [9.17, 15) is 0 Å². The molecule has 0 aliphatic heterocycles. The van der Waals surface area contributed by atoms with Crippen LogP contribution < -0.4 is 5.73 Å². The van der Waals surface area contributed by atoms with E-state index in [0.717, 1.165) is 0 Å². The second kappa shape index (κ2) is 3.86. The average molecular weight is 107 g/mol. The fraction of sp³-hybridized carbons (Fsp3) is 0.200. The molecule has 0 spiro atoms. The molecule has 3 nitrogen and oxygen atoms in total. The summed E-state index contributed by atoms with van der Waals surface area (Å²) in [6, 6.07) is 3.35. The minimum atomic E-state index is 0.0764. The molecule has 0 fully saturated rings. The third-order valence-electron chi connectivity index (χ3n) is 0.563. The van der Waals surface area contributed by atoms with Crippen LogP contribution in [0.1, 0.15) is 0 Å².